The maximum atomic E-state index is 13.8. The van der Waals surface area contributed by atoms with Crippen LogP contribution in [-0.4, -0.2) is 27.2 Å². The largest absolute Gasteiger partial charge is 0.494 e. The van der Waals surface area contributed by atoms with Gasteiger partial charge in [-0.2, -0.15) is 0 Å². The summed E-state index contributed by atoms with van der Waals surface area (Å²) in [6.07, 6.45) is 0. The van der Waals surface area contributed by atoms with E-state index in [0.717, 1.165) is 11.5 Å². The van der Waals surface area contributed by atoms with Gasteiger partial charge in [0.2, 0.25) is 10.0 Å². The van der Waals surface area contributed by atoms with Crippen molar-refractivity contribution in [3.8, 4) is 5.75 Å². The first-order valence-corrected chi connectivity index (χ1v) is 9.26. The minimum absolute atomic E-state index is 0.0572. The number of nitrogens with one attached hydrogen (secondary N) is 1. The molecule has 1 unspecified atom stereocenters. The van der Waals surface area contributed by atoms with Crippen LogP contribution in [0.2, 0.25) is 0 Å². The van der Waals surface area contributed by atoms with E-state index >= 15 is 0 Å². The van der Waals surface area contributed by atoms with E-state index in [9.17, 15) is 17.9 Å². The molecule has 2 N–H and O–H groups in total. The van der Waals surface area contributed by atoms with Crippen LogP contribution in [0.5, 0.6) is 5.75 Å². The first kappa shape index (κ1) is 18.4. The first-order valence-electron chi connectivity index (χ1n) is 7.77. The van der Waals surface area contributed by atoms with Crippen molar-refractivity contribution < 1.29 is 27.1 Å². The summed E-state index contributed by atoms with van der Waals surface area (Å²) in [6.45, 7) is 1.09. The number of fused-ring (bicyclic) bond motifs is 1. The molecule has 1 aromatic heterocycles. The summed E-state index contributed by atoms with van der Waals surface area (Å²) in [6, 6.07) is 12.2. The minimum Gasteiger partial charge on any atom is -0.494 e. The predicted molar refractivity (Wildman–Crippen MR) is 93.9 cm³/mol. The van der Waals surface area contributed by atoms with E-state index < -0.39 is 21.4 Å². The molecule has 0 saturated heterocycles. The Bertz CT molecular complexity index is 1010. The zero-order chi connectivity index (χ0) is 18.9. The second kappa shape index (κ2) is 6.71. The molecular weight excluding hydrogens is 361 g/mol. The Kier molecular flexibility index (Phi) is 4.74. The van der Waals surface area contributed by atoms with E-state index in [2.05, 4.69) is 4.72 Å². The van der Waals surface area contributed by atoms with Crippen LogP contribution in [0.25, 0.3) is 11.0 Å². The number of halogens is 1. The van der Waals surface area contributed by atoms with Crippen LogP contribution in [0.1, 0.15) is 12.7 Å². The van der Waals surface area contributed by atoms with Crippen LogP contribution < -0.4 is 9.46 Å². The maximum absolute atomic E-state index is 13.8. The molecule has 0 fully saturated rings. The normalized spacial score (nSPS) is 14.3. The van der Waals surface area contributed by atoms with E-state index in [1.807, 2.05) is 12.1 Å². The fraction of sp³-hybridized carbons (Fsp3) is 0.222. The van der Waals surface area contributed by atoms with Crippen molar-refractivity contribution >= 4 is 21.0 Å². The van der Waals surface area contributed by atoms with Gasteiger partial charge in [-0.25, -0.2) is 17.5 Å². The molecule has 1 atom stereocenters. The van der Waals surface area contributed by atoms with Crippen molar-refractivity contribution in [2.45, 2.75) is 17.4 Å². The van der Waals surface area contributed by atoms with Crippen LogP contribution >= 0.6 is 0 Å². The predicted octanol–water partition coefficient (Wildman–Crippen LogP) is 2.77. The van der Waals surface area contributed by atoms with Gasteiger partial charge in [0.1, 0.15) is 16.9 Å². The highest BCUT2D eigenvalue weighted by atomic mass is 32.2. The van der Waals surface area contributed by atoms with E-state index in [1.165, 1.54) is 26.2 Å². The van der Waals surface area contributed by atoms with E-state index in [4.69, 9.17) is 9.15 Å². The number of aliphatic hydroxyl groups is 1. The van der Waals surface area contributed by atoms with Gasteiger partial charge in [0.15, 0.2) is 11.6 Å². The van der Waals surface area contributed by atoms with Crippen molar-refractivity contribution in [3.05, 3.63) is 60.1 Å². The number of ether oxygens (including phenoxy) is 1. The zero-order valence-electron chi connectivity index (χ0n) is 14.2. The highest BCUT2D eigenvalue weighted by molar-refractivity contribution is 7.89. The molecule has 6 nitrogen and oxygen atoms in total. The molecule has 0 saturated carbocycles. The van der Waals surface area contributed by atoms with Crippen LogP contribution in [0.15, 0.2) is 57.8 Å². The number of methoxy groups -OCH3 is 1. The van der Waals surface area contributed by atoms with Gasteiger partial charge in [-0.3, -0.25) is 0 Å². The molecule has 3 rings (SSSR count). The molecule has 138 valence electrons. The summed E-state index contributed by atoms with van der Waals surface area (Å²) in [5.41, 5.74) is -1.00. The summed E-state index contributed by atoms with van der Waals surface area (Å²) >= 11 is 0. The van der Waals surface area contributed by atoms with Crippen LogP contribution in [0.3, 0.4) is 0 Å². The number of sulfonamides is 1. The summed E-state index contributed by atoms with van der Waals surface area (Å²) in [4.78, 5) is -0.267. The van der Waals surface area contributed by atoms with Gasteiger partial charge in [-0.15, -0.1) is 0 Å². The molecule has 2 aromatic carbocycles. The second-order valence-corrected chi connectivity index (χ2v) is 7.81. The molecule has 0 bridgehead atoms. The van der Waals surface area contributed by atoms with Crippen LogP contribution in [0, 0.1) is 5.82 Å². The van der Waals surface area contributed by atoms with Gasteiger partial charge in [0.05, 0.1) is 12.0 Å². The highest BCUT2D eigenvalue weighted by Gasteiger charge is 2.30. The maximum Gasteiger partial charge on any atom is 0.240 e. The molecule has 0 aliphatic rings. The third kappa shape index (κ3) is 3.57. The third-order valence-corrected chi connectivity index (χ3v) is 5.40. The topological polar surface area (TPSA) is 88.8 Å². The van der Waals surface area contributed by atoms with Gasteiger partial charge in [0.25, 0.3) is 0 Å². The fourth-order valence-corrected chi connectivity index (χ4v) is 3.61. The number of furan rings is 1. The number of hydrogen-bond acceptors (Lipinski definition) is 5. The fourth-order valence-electron chi connectivity index (χ4n) is 2.47. The van der Waals surface area contributed by atoms with E-state index in [1.54, 1.807) is 18.2 Å². The first-order chi connectivity index (χ1) is 12.2. The van der Waals surface area contributed by atoms with Crippen LogP contribution in [0.4, 0.5) is 4.39 Å². The lowest BCUT2D eigenvalue weighted by molar-refractivity contribution is 0.0412. The number of hydrogen-bond donors (Lipinski definition) is 2. The van der Waals surface area contributed by atoms with E-state index in [-0.39, 0.29) is 22.9 Å². The molecule has 0 aliphatic carbocycles. The monoisotopic (exact) mass is 379 g/mol. The Balaban J connectivity index is 1.80. The van der Waals surface area contributed by atoms with Crippen molar-refractivity contribution in [1.82, 2.24) is 4.72 Å². The van der Waals surface area contributed by atoms with Gasteiger partial charge in [-0.1, -0.05) is 18.2 Å². The molecule has 1 heterocycles. The van der Waals surface area contributed by atoms with Gasteiger partial charge >= 0.3 is 0 Å². The molecule has 0 amide bonds. The molecule has 8 heteroatoms. The van der Waals surface area contributed by atoms with Gasteiger partial charge in [-0.05, 0) is 37.3 Å². The number of benzene rings is 2. The highest BCUT2D eigenvalue weighted by Crippen LogP contribution is 2.28. The minimum atomic E-state index is -4.03. The van der Waals surface area contributed by atoms with Crippen molar-refractivity contribution in [2.24, 2.45) is 0 Å². The smallest absolute Gasteiger partial charge is 0.240 e. The molecule has 0 spiro atoms. The standard InChI is InChI=1S/C18H18FNO5S/c1-18(21,17-9-12-5-3-4-6-15(12)25-17)11-20-26(22,23)13-7-8-16(24-2)14(19)10-13/h3-10,20-21H,11H2,1-2H3. The second-order valence-electron chi connectivity index (χ2n) is 6.04. The van der Waals surface area contributed by atoms with Crippen LogP contribution in [-0.2, 0) is 15.6 Å². The molecule has 26 heavy (non-hydrogen) atoms. The number of rotatable bonds is 6. The third-order valence-electron chi connectivity index (χ3n) is 4.00. The SMILES string of the molecule is COc1ccc(S(=O)(=O)NCC(C)(O)c2cc3ccccc3o2)cc1F. The lowest BCUT2D eigenvalue weighted by Gasteiger charge is -2.21. The lowest BCUT2D eigenvalue weighted by Crippen LogP contribution is -2.38. The average Bonchev–Trinajstić information content (AvgIpc) is 3.05. The van der Waals surface area contributed by atoms with E-state index in [0.29, 0.717) is 5.58 Å². The molecule has 0 radical (unpaired) electrons. The Morgan fingerprint density at radius 2 is 1.96 bits per heavy atom. The van der Waals surface area contributed by atoms with Crippen molar-refractivity contribution in [2.75, 3.05) is 13.7 Å². The quantitative estimate of drug-likeness (QED) is 0.688. The molecular formula is C18H18FNO5S. The number of para-hydroxylation sites is 1. The zero-order valence-corrected chi connectivity index (χ0v) is 15.0. The summed E-state index contributed by atoms with van der Waals surface area (Å²) in [5, 5.41) is 11.4. The van der Waals surface area contributed by atoms with Gasteiger partial charge < -0.3 is 14.3 Å². The Labute approximate surface area is 150 Å². The van der Waals surface area contributed by atoms with Gasteiger partial charge in [0, 0.05) is 11.9 Å². The van der Waals surface area contributed by atoms with Crippen molar-refractivity contribution in [3.63, 3.8) is 0 Å². The summed E-state index contributed by atoms with van der Waals surface area (Å²) < 4.78 is 51.1. The van der Waals surface area contributed by atoms with Crippen molar-refractivity contribution in [1.29, 1.82) is 0 Å². The Hall–Kier alpha value is -2.42. The molecule has 0 aliphatic heterocycles. The lowest BCUT2D eigenvalue weighted by atomic mass is 10.0. The molecule has 3 aromatic rings. The summed E-state index contributed by atoms with van der Waals surface area (Å²) in [7, 11) is -2.74. The Morgan fingerprint density at radius 3 is 2.62 bits per heavy atom. The Morgan fingerprint density at radius 1 is 1.23 bits per heavy atom. The summed E-state index contributed by atoms with van der Waals surface area (Å²) in [5.74, 6) is -0.625. The average molecular weight is 379 g/mol.